The van der Waals surface area contributed by atoms with Crippen LogP contribution < -0.4 is 5.73 Å². The van der Waals surface area contributed by atoms with Gasteiger partial charge in [0.05, 0.1) is 0 Å². The Morgan fingerprint density at radius 2 is 1.90 bits per heavy atom. The van der Waals surface area contributed by atoms with Crippen molar-refractivity contribution in [1.29, 1.82) is 0 Å². The molecule has 0 fully saturated rings. The Morgan fingerprint density at radius 3 is 2.67 bits per heavy atom. The van der Waals surface area contributed by atoms with Crippen LogP contribution in [-0.4, -0.2) is 30.4 Å². The lowest BCUT2D eigenvalue weighted by Crippen LogP contribution is -2.40. The van der Waals surface area contributed by atoms with Crippen molar-refractivity contribution in [1.82, 2.24) is 4.90 Å². The van der Waals surface area contributed by atoms with Crippen LogP contribution in [0.4, 0.5) is 0 Å². The van der Waals surface area contributed by atoms with E-state index < -0.39 is 0 Å². The number of hydrogen-bond donors (Lipinski definition) is 1. The summed E-state index contributed by atoms with van der Waals surface area (Å²) >= 11 is 0. The highest BCUT2D eigenvalue weighted by Gasteiger charge is 2.24. The highest BCUT2D eigenvalue weighted by Crippen LogP contribution is 2.24. The molecule has 0 radical (unpaired) electrons. The van der Waals surface area contributed by atoms with Gasteiger partial charge in [0.25, 0.3) is 0 Å². The fourth-order valence-corrected chi connectivity index (χ4v) is 3.16. The molecule has 0 bridgehead atoms. The van der Waals surface area contributed by atoms with E-state index >= 15 is 0 Å². The standard InChI is InChI=1S/C18H28N2O/c1-20(18(21)10-4-2-3-7-13-19)17-12-11-15-8-5-6-9-16(15)14-17/h5-6,8-9,17H,2-4,7,10-14,19H2,1H3. The molecule has 1 amide bonds. The normalized spacial score (nSPS) is 17.3. The van der Waals surface area contributed by atoms with Crippen molar-refractivity contribution in [2.45, 2.75) is 57.4 Å². The molecule has 1 aliphatic carbocycles. The quantitative estimate of drug-likeness (QED) is 0.784. The second-order valence-corrected chi connectivity index (χ2v) is 6.12. The van der Waals surface area contributed by atoms with Gasteiger partial charge in [-0.1, -0.05) is 37.1 Å². The highest BCUT2D eigenvalue weighted by molar-refractivity contribution is 5.76. The summed E-state index contributed by atoms with van der Waals surface area (Å²) in [6.07, 6.45) is 8.19. The Kier molecular flexibility index (Phi) is 6.24. The second-order valence-electron chi connectivity index (χ2n) is 6.12. The third-order valence-corrected chi connectivity index (χ3v) is 4.61. The van der Waals surface area contributed by atoms with Crippen molar-refractivity contribution >= 4 is 5.91 Å². The zero-order chi connectivity index (χ0) is 15.1. The number of aryl methyl sites for hydroxylation is 1. The molecule has 0 heterocycles. The van der Waals surface area contributed by atoms with Crippen molar-refractivity contribution in [2.75, 3.05) is 13.6 Å². The van der Waals surface area contributed by atoms with Crippen LogP contribution in [0.5, 0.6) is 0 Å². The minimum absolute atomic E-state index is 0.298. The Hall–Kier alpha value is -1.35. The average Bonchev–Trinajstić information content (AvgIpc) is 2.53. The van der Waals surface area contributed by atoms with E-state index in [1.54, 1.807) is 0 Å². The largest absolute Gasteiger partial charge is 0.342 e. The predicted octanol–water partition coefficient (Wildman–Crippen LogP) is 2.91. The van der Waals surface area contributed by atoms with Crippen LogP contribution in [0.2, 0.25) is 0 Å². The zero-order valence-corrected chi connectivity index (χ0v) is 13.2. The van der Waals surface area contributed by atoms with E-state index in [9.17, 15) is 4.79 Å². The molecule has 0 saturated carbocycles. The summed E-state index contributed by atoms with van der Waals surface area (Å²) in [7, 11) is 1.97. The number of nitrogens with zero attached hydrogens (tertiary/aromatic N) is 1. The lowest BCUT2D eigenvalue weighted by Gasteiger charge is -2.32. The van der Waals surface area contributed by atoms with Gasteiger partial charge in [-0.3, -0.25) is 4.79 Å². The lowest BCUT2D eigenvalue weighted by atomic mass is 9.87. The molecule has 0 aliphatic heterocycles. The summed E-state index contributed by atoms with van der Waals surface area (Å²) < 4.78 is 0. The zero-order valence-electron chi connectivity index (χ0n) is 13.2. The van der Waals surface area contributed by atoms with Crippen LogP contribution in [0.25, 0.3) is 0 Å². The number of hydrogen-bond acceptors (Lipinski definition) is 2. The first-order valence-electron chi connectivity index (χ1n) is 8.25. The molecular weight excluding hydrogens is 260 g/mol. The molecule has 2 rings (SSSR count). The summed E-state index contributed by atoms with van der Waals surface area (Å²) in [5, 5.41) is 0. The van der Waals surface area contributed by atoms with Crippen molar-refractivity contribution in [2.24, 2.45) is 5.73 Å². The molecule has 3 heteroatoms. The van der Waals surface area contributed by atoms with E-state index in [0.29, 0.717) is 18.4 Å². The monoisotopic (exact) mass is 288 g/mol. The minimum Gasteiger partial charge on any atom is -0.342 e. The number of likely N-dealkylation sites (N-methyl/N-ethyl adjacent to an activating group) is 1. The average molecular weight is 288 g/mol. The number of unbranched alkanes of at least 4 members (excludes halogenated alkanes) is 3. The van der Waals surface area contributed by atoms with Crippen molar-refractivity contribution in [3.63, 3.8) is 0 Å². The maximum atomic E-state index is 12.3. The summed E-state index contributed by atoms with van der Waals surface area (Å²) in [4.78, 5) is 14.3. The summed E-state index contributed by atoms with van der Waals surface area (Å²) in [5.74, 6) is 0.298. The number of benzene rings is 1. The van der Waals surface area contributed by atoms with E-state index in [2.05, 4.69) is 24.3 Å². The smallest absolute Gasteiger partial charge is 0.222 e. The van der Waals surface area contributed by atoms with Gasteiger partial charge in [-0.25, -0.2) is 0 Å². The number of carbonyl (C=O) groups is 1. The first kappa shape index (κ1) is 16.0. The summed E-state index contributed by atoms with van der Waals surface area (Å²) in [5.41, 5.74) is 8.35. The molecule has 1 atom stereocenters. The molecule has 1 unspecified atom stereocenters. The van der Waals surface area contributed by atoms with E-state index in [-0.39, 0.29) is 0 Å². The number of rotatable bonds is 7. The van der Waals surface area contributed by atoms with Crippen molar-refractivity contribution in [3.8, 4) is 0 Å². The first-order valence-corrected chi connectivity index (χ1v) is 8.25. The highest BCUT2D eigenvalue weighted by atomic mass is 16.2. The number of fused-ring (bicyclic) bond motifs is 1. The molecule has 0 saturated heterocycles. The third-order valence-electron chi connectivity index (χ3n) is 4.61. The molecule has 1 aliphatic rings. The Morgan fingerprint density at radius 1 is 1.19 bits per heavy atom. The van der Waals surface area contributed by atoms with Crippen LogP contribution >= 0.6 is 0 Å². The van der Waals surface area contributed by atoms with Gasteiger partial charge in [-0.05, 0) is 49.8 Å². The molecule has 0 spiro atoms. The van der Waals surface area contributed by atoms with Crippen LogP contribution in [0.3, 0.4) is 0 Å². The van der Waals surface area contributed by atoms with E-state index in [4.69, 9.17) is 5.73 Å². The van der Waals surface area contributed by atoms with Gasteiger partial charge in [-0.2, -0.15) is 0 Å². The fourth-order valence-electron chi connectivity index (χ4n) is 3.16. The summed E-state index contributed by atoms with van der Waals surface area (Å²) in [6, 6.07) is 8.99. The topological polar surface area (TPSA) is 46.3 Å². The molecule has 3 nitrogen and oxygen atoms in total. The van der Waals surface area contributed by atoms with E-state index in [1.807, 2.05) is 11.9 Å². The predicted molar refractivity (Wildman–Crippen MR) is 87.2 cm³/mol. The first-order chi connectivity index (χ1) is 10.2. The van der Waals surface area contributed by atoms with Crippen LogP contribution in [0, 0.1) is 0 Å². The molecule has 0 aromatic heterocycles. The van der Waals surface area contributed by atoms with Gasteiger partial charge < -0.3 is 10.6 Å². The number of nitrogens with two attached hydrogens (primary N) is 1. The Labute approximate surface area is 128 Å². The maximum absolute atomic E-state index is 12.3. The number of amides is 1. The molecular formula is C18H28N2O. The molecule has 1 aromatic rings. The molecule has 1 aromatic carbocycles. The Balaban J connectivity index is 1.78. The summed E-state index contributed by atoms with van der Waals surface area (Å²) in [6.45, 7) is 0.759. The van der Waals surface area contributed by atoms with E-state index in [1.165, 1.54) is 11.1 Å². The minimum atomic E-state index is 0.298. The van der Waals surface area contributed by atoms with Crippen molar-refractivity contribution in [3.05, 3.63) is 35.4 Å². The van der Waals surface area contributed by atoms with E-state index in [0.717, 1.165) is 51.5 Å². The second kappa shape index (κ2) is 8.18. The van der Waals surface area contributed by atoms with Crippen molar-refractivity contribution < 1.29 is 4.79 Å². The van der Waals surface area contributed by atoms with Gasteiger partial charge in [-0.15, -0.1) is 0 Å². The fraction of sp³-hybridized carbons (Fsp3) is 0.611. The van der Waals surface area contributed by atoms with Crippen LogP contribution in [0.1, 0.15) is 49.7 Å². The van der Waals surface area contributed by atoms with Crippen LogP contribution in [-0.2, 0) is 17.6 Å². The lowest BCUT2D eigenvalue weighted by molar-refractivity contribution is -0.132. The maximum Gasteiger partial charge on any atom is 0.222 e. The molecule has 2 N–H and O–H groups in total. The Bertz CT molecular complexity index is 458. The third kappa shape index (κ3) is 4.57. The van der Waals surface area contributed by atoms with Gasteiger partial charge in [0.1, 0.15) is 0 Å². The molecule has 116 valence electrons. The molecule has 21 heavy (non-hydrogen) atoms. The van der Waals surface area contributed by atoms with Gasteiger partial charge >= 0.3 is 0 Å². The van der Waals surface area contributed by atoms with Gasteiger partial charge in [0.2, 0.25) is 5.91 Å². The van der Waals surface area contributed by atoms with Gasteiger partial charge in [0, 0.05) is 19.5 Å². The van der Waals surface area contributed by atoms with Crippen LogP contribution in [0.15, 0.2) is 24.3 Å². The SMILES string of the molecule is CN(C(=O)CCCCCCN)C1CCc2ccccc2C1. The number of carbonyl (C=O) groups excluding carboxylic acids is 1. The van der Waals surface area contributed by atoms with Gasteiger partial charge in [0.15, 0.2) is 0 Å².